The molecule has 3 heterocycles. The highest BCUT2D eigenvalue weighted by Crippen LogP contribution is 2.32. The lowest BCUT2D eigenvalue weighted by Gasteiger charge is -2.34. The maximum absolute atomic E-state index is 12.6. The van der Waals surface area contributed by atoms with Crippen LogP contribution in [0.15, 0.2) is 30.5 Å². The number of benzene rings is 1. The second-order valence-electron chi connectivity index (χ2n) is 7.52. The number of hydrogen-bond donors (Lipinski definition) is 2. The van der Waals surface area contributed by atoms with Crippen LogP contribution in [0.25, 0.3) is 10.9 Å². The molecule has 1 aromatic carbocycles. The third-order valence-electron chi connectivity index (χ3n) is 5.59. The van der Waals surface area contributed by atoms with Gasteiger partial charge < -0.3 is 24.8 Å². The Hall–Kier alpha value is -2.05. The van der Waals surface area contributed by atoms with Gasteiger partial charge in [-0.05, 0) is 31.5 Å². The van der Waals surface area contributed by atoms with Gasteiger partial charge in [-0.2, -0.15) is 0 Å². The van der Waals surface area contributed by atoms with Gasteiger partial charge in [0.25, 0.3) is 0 Å². The number of carbonyl (C=O) groups excluding carboxylic acids is 1. The van der Waals surface area contributed by atoms with Crippen LogP contribution in [0.4, 0.5) is 4.79 Å². The monoisotopic (exact) mass is 356 g/mol. The lowest BCUT2D eigenvalue weighted by atomic mass is 9.90. The number of likely N-dealkylation sites (tertiary alicyclic amines) is 1. The minimum atomic E-state index is 0.0337. The molecule has 2 aliphatic rings. The average molecular weight is 356 g/mol. The van der Waals surface area contributed by atoms with E-state index < -0.39 is 0 Å². The molecule has 4 rings (SSSR count). The molecule has 6 heteroatoms. The van der Waals surface area contributed by atoms with Crippen molar-refractivity contribution in [2.75, 3.05) is 46.4 Å². The van der Waals surface area contributed by atoms with Crippen LogP contribution in [0.5, 0.6) is 0 Å². The third-order valence-corrected chi connectivity index (χ3v) is 5.59. The first-order valence-corrected chi connectivity index (χ1v) is 9.59. The molecule has 0 bridgehead atoms. The Morgan fingerprint density at radius 1 is 1.31 bits per heavy atom. The Bertz CT molecular complexity index is 759. The summed E-state index contributed by atoms with van der Waals surface area (Å²) in [6.07, 6.45) is 4.37. The highest BCUT2D eigenvalue weighted by molar-refractivity contribution is 5.84. The largest absolute Gasteiger partial charge is 0.374 e. The summed E-state index contributed by atoms with van der Waals surface area (Å²) in [6, 6.07) is 8.43. The van der Waals surface area contributed by atoms with Crippen molar-refractivity contribution in [3.05, 3.63) is 36.0 Å². The number of amides is 2. The summed E-state index contributed by atoms with van der Waals surface area (Å²) in [5.74, 6) is 0.391. The first kappa shape index (κ1) is 17.4. The van der Waals surface area contributed by atoms with Crippen LogP contribution in [-0.4, -0.2) is 73.3 Å². The van der Waals surface area contributed by atoms with Gasteiger partial charge in [-0.1, -0.05) is 18.2 Å². The molecule has 2 unspecified atom stereocenters. The number of nitrogens with zero attached hydrogens (tertiary/aromatic N) is 2. The molecule has 0 radical (unpaired) electrons. The van der Waals surface area contributed by atoms with E-state index in [9.17, 15) is 4.79 Å². The summed E-state index contributed by atoms with van der Waals surface area (Å²) < 4.78 is 5.74. The van der Waals surface area contributed by atoms with Gasteiger partial charge in [0.1, 0.15) is 0 Å². The highest BCUT2D eigenvalue weighted by Gasteiger charge is 2.27. The van der Waals surface area contributed by atoms with E-state index in [1.54, 1.807) is 0 Å². The number of rotatable bonds is 3. The van der Waals surface area contributed by atoms with Gasteiger partial charge in [0.2, 0.25) is 0 Å². The first-order valence-electron chi connectivity index (χ1n) is 9.59. The third kappa shape index (κ3) is 3.71. The predicted octanol–water partition coefficient (Wildman–Crippen LogP) is 2.39. The molecule has 2 aromatic rings. The topological polar surface area (TPSA) is 60.6 Å². The van der Waals surface area contributed by atoms with Gasteiger partial charge in [0.15, 0.2) is 0 Å². The van der Waals surface area contributed by atoms with Crippen molar-refractivity contribution in [2.24, 2.45) is 0 Å². The van der Waals surface area contributed by atoms with Crippen LogP contribution < -0.4 is 5.32 Å². The summed E-state index contributed by atoms with van der Waals surface area (Å²) in [4.78, 5) is 20.2. The number of hydrogen-bond acceptors (Lipinski definition) is 3. The maximum Gasteiger partial charge on any atom is 0.317 e. The zero-order valence-electron chi connectivity index (χ0n) is 15.4. The fourth-order valence-electron chi connectivity index (χ4n) is 4.15. The van der Waals surface area contributed by atoms with Gasteiger partial charge in [-0.15, -0.1) is 0 Å². The SMILES string of the molecule is CN1CCOC(CNC(=O)N2CCCC(c3c[nH]c4ccccc34)C2)C1. The van der Waals surface area contributed by atoms with Crippen molar-refractivity contribution in [2.45, 2.75) is 24.9 Å². The number of morpholine rings is 1. The summed E-state index contributed by atoms with van der Waals surface area (Å²) in [5, 5.41) is 4.35. The van der Waals surface area contributed by atoms with Crippen molar-refractivity contribution >= 4 is 16.9 Å². The minimum Gasteiger partial charge on any atom is -0.374 e. The van der Waals surface area contributed by atoms with Crippen LogP contribution in [0, 0.1) is 0 Å². The summed E-state index contributed by atoms with van der Waals surface area (Å²) in [7, 11) is 2.09. The zero-order valence-corrected chi connectivity index (χ0v) is 15.4. The zero-order chi connectivity index (χ0) is 17.9. The van der Waals surface area contributed by atoms with Crippen molar-refractivity contribution < 1.29 is 9.53 Å². The fraction of sp³-hybridized carbons (Fsp3) is 0.550. The molecule has 0 saturated carbocycles. The number of para-hydroxylation sites is 1. The number of ether oxygens (including phenoxy) is 1. The molecule has 0 aliphatic carbocycles. The quantitative estimate of drug-likeness (QED) is 0.888. The number of urea groups is 1. The number of piperidine rings is 1. The normalized spacial score (nSPS) is 24.7. The molecule has 2 aliphatic heterocycles. The molecule has 2 saturated heterocycles. The standard InChI is InChI=1S/C20H28N4O2/c1-23-9-10-26-16(14-23)11-22-20(25)24-8-4-5-15(13-24)18-12-21-19-7-3-2-6-17(18)19/h2-3,6-7,12,15-16,21H,4-5,8-11,13-14H2,1H3,(H,22,25). The van der Waals surface area contributed by atoms with E-state index in [4.69, 9.17) is 4.74 Å². The Morgan fingerprint density at radius 3 is 3.08 bits per heavy atom. The molecule has 26 heavy (non-hydrogen) atoms. The van der Waals surface area contributed by atoms with E-state index in [0.717, 1.165) is 45.6 Å². The minimum absolute atomic E-state index is 0.0337. The van der Waals surface area contributed by atoms with E-state index >= 15 is 0 Å². The van der Waals surface area contributed by atoms with Crippen molar-refractivity contribution in [3.8, 4) is 0 Å². The number of carbonyl (C=O) groups is 1. The second-order valence-corrected chi connectivity index (χ2v) is 7.52. The number of H-pyrrole nitrogens is 1. The van der Waals surface area contributed by atoms with E-state index in [-0.39, 0.29) is 12.1 Å². The lowest BCUT2D eigenvalue weighted by Crippen LogP contribution is -2.50. The molecular weight excluding hydrogens is 328 g/mol. The second kappa shape index (κ2) is 7.68. The molecule has 2 amide bonds. The summed E-state index contributed by atoms with van der Waals surface area (Å²) in [6.45, 7) is 4.76. The summed E-state index contributed by atoms with van der Waals surface area (Å²) >= 11 is 0. The van der Waals surface area contributed by atoms with Crippen molar-refractivity contribution in [1.29, 1.82) is 0 Å². The van der Waals surface area contributed by atoms with Crippen LogP contribution in [-0.2, 0) is 4.74 Å². The fourth-order valence-corrected chi connectivity index (χ4v) is 4.15. The molecule has 140 valence electrons. The van der Waals surface area contributed by atoms with E-state index in [0.29, 0.717) is 12.5 Å². The van der Waals surface area contributed by atoms with E-state index in [1.165, 1.54) is 16.5 Å². The number of nitrogens with one attached hydrogen (secondary N) is 2. The molecule has 2 fully saturated rings. The van der Waals surface area contributed by atoms with E-state index in [1.807, 2.05) is 11.0 Å². The molecule has 2 N–H and O–H groups in total. The van der Waals surface area contributed by atoms with Gasteiger partial charge >= 0.3 is 6.03 Å². The predicted molar refractivity (Wildman–Crippen MR) is 102 cm³/mol. The summed E-state index contributed by atoms with van der Waals surface area (Å²) in [5.41, 5.74) is 2.50. The van der Waals surface area contributed by atoms with Crippen molar-refractivity contribution in [3.63, 3.8) is 0 Å². The number of fused-ring (bicyclic) bond motifs is 1. The number of likely N-dealkylation sites (N-methyl/N-ethyl adjacent to an activating group) is 1. The molecule has 6 nitrogen and oxygen atoms in total. The van der Waals surface area contributed by atoms with Crippen LogP contribution >= 0.6 is 0 Å². The Labute approximate surface area is 154 Å². The Balaban J connectivity index is 1.36. The van der Waals surface area contributed by atoms with Gasteiger partial charge in [-0.3, -0.25) is 0 Å². The number of aromatic amines is 1. The van der Waals surface area contributed by atoms with Crippen molar-refractivity contribution in [1.82, 2.24) is 20.1 Å². The Kier molecular flexibility index (Phi) is 5.13. The maximum atomic E-state index is 12.6. The van der Waals surface area contributed by atoms with Gasteiger partial charge in [0.05, 0.1) is 12.7 Å². The van der Waals surface area contributed by atoms with Crippen LogP contribution in [0.2, 0.25) is 0 Å². The van der Waals surface area contributed by atoms with Crippen LogP contribution in [0.3, 0.4) is 0 Å². The molecule has 2 atom stereocenters. The van der Waals surface area contributed by atoms with E-state index in [2.05, 4.69) is 46.6 Å². The lowest BCUT2D eigenvalue weighted by molar-refractivity contribution is -0.0173. The van der Waals surface area contributed by atoms with Gasteiger partial charge in [-0.25, -0.2) is 4.79 Å². The molecule has 1 aromatic heterocycles. The molecule has 0 spiro atoms. The number of aromatic nitrogens is 1. The average Bonchev–Trinajstić information content (AvgIpc) is 3.10. The smallest absolute Gasteiger partial charge is 0.317 e. The Morgan fingerprint density at radius 2 is 2.19 bits per heavy atom. The highest BCUT2D eigenvalue weighted by atomic mass is 16.5. The van der Waals surface area contributed by atoms with Crippen LogP contribution in [0.1, 0.15) is 24.3 Å². The first-order chi connectivity index (χ1) is 12.7. The molecular formula is C20H28N4O2. The van der Waals surface area contributed by atoms with Gasteiger partial charge in [0, 0.05) is 55.7 Å².